The van der Waals surface area contributed by atoms with Crippen LogP contribution in [0.15, 0.2) is 71.8 Å². The highest BCUT2D eigenvalue weighted by Crippen LogP contribution is 2.24. The van der Waals surface area contributed by atoms with E-state index in [-0.39, 0.29) is 0 Å². The van der Waals surface area contributed by atoms with Crippen LogP contribution in [0.25, 0.3) is 5.70 Å². The fourth-order valence-corrected chi connectivity index (χ4v) is 3.13. The number of allylic oxidation sites excluding steroid dienone is 6. The van der Waals surface area contributed by atoms with Crippen molar-refractivity contribution in [1.82, 2.24) is 0 Å². The van der Waals surface area contributed by atoms with Crippen molar-refractivity contribution in [2.75, 3.05) is 18.0 Å². The van der Waals surface area contributed by atoms with Gasteiger partial charge < -0.3 is 4.90 Å². The van der Waals surface area contributed by atoms with Gasteiger partial charge in [-0.3, -0.25) is 4.99 Å². The summed E-state index contributed by atoms with van der Waals surface area (Å²) in [6.07, 6.45) is 16.7. The van der Waals surface area contributed by atoms with Crippen LogP contribution in [0.4, 0.5) is 5.69 Å². The number of benzene rings is 1. The molecule has 0 aromatic heterocycles. The summed E-state index contributed by atoms with van der Waals surface area (Å²) in [7, 11) is 0. The molecule has 0 atom stereocenters. The SMILES string of the molecule is C=CC.CC.CC.CC.C\C=C(/N=C(C)/C(C)=C\C=C/CCCC)c1ccc(N2CCCC2)cc1. The number of nitrogens with zero attached hydrogens (tertiary/aromatic N) is 2. The van der Waals surface area contributed by atoms with Crippen LogP contribution in [-0.2, 0) is 0 Å². The van der Waals surface area contributed by atoms with Gasteiger partial charge in [0.1, 0.15) is 0 Å². The Balaban J connectivity index is -0.00000101. The molecule has 0 radical (unpaired) electrons. The molecule has 1 heterocycles. The van der Waals surface area contributed by atoms with Gasteiger partial charge in [-0.15, -0.1) is 6.58 Å². The zero-order valence-electron chi connectivity index (χ0n) is 25.2. The van der Waals surface area contributed by atoms with Crippen molar-refractivity contribution < 1.29 is 0 Å². The van der Waals surface area contributed by atoms with Gasteiger partial charge in [-0.2, -0.15) is 0 Å². The van der Waals surface area contributed by atoms with Crippen LogP contribution in [-0.4, -0.2) is 18.8 Å². The zero-order valence-corrected chi connectivity index (χ0v) is 25.2. The minimum Gasteiger partial charge on any atom is -0.372 e. The molecule has 1 saturated heterocycles. The first-order valence-corrected chi connectivity index (χ1v) is 14.0. The van der Waals surface area contributed by atoms with E-state index in [4.69, 9.17) is 4.99 Å². The second-order valence-corrected chi connectivity index (χ2v) is 7.44. The van der Waals surface area contributed by atoms with Crippen LogP contribution in [0.1, 0.15) is 114 Å². The standard InChI is InChI=1S/C24H34N2.C3H6.3C2H6/c1-5-7-8-9-10-13-20(3)21(4)25-24(6-2)22-14-16-23(17-15-22)26-18-11-12-19-26;1-3-2;3*1-2/h6,9-10,13-17H,5,7-8,11-12,18-19H2,1-4H3;3H,1H2,2H3;3*1-2H3/b10-9-,20-13-,24-6-,25-21+;;;;. The molecule has 2 rings (SSSR count). The van der Waals surface area contributed by atoms with E-state index in [0.717, 1.165) is 17.8 Å². The lowest BCUT2D eigenvalue weighted by Gasteiger charge is -2.17. The molecule has 0 saturated carbocycles. The minimum absolute atomic E-state index is 1.04. The van der Waals surface area contributed by atoms with Crippen LogP contribution in [0.2, 0.25) is 0 Å². The quantitative estimate of drug-likeness (QED) is 0.156. The van der Waals surface area contributed by atoms with Crippen LogP contribution in [0, 0.1) is 0 Å². The van der Waals surface area contributed by atoms with Crippen molar-refractivity contribution in [3.63, 3.8) is 0 Å². The van der Waals surface area contributed by atoms with E-state index in [1.807, 2.05) is 48.5 Å². The molecule has 1 fully saturated rings. The molecule has 1 aromatic rings. The van der Waals surface area contributed by atoms with Crippen molar-refractivity contribution in [2.45, 2.75) is 108 Å². The highest BCUT2D eigenvalue weighted by Gasteiger charge is 2.12. The fourth-order valence-electron chi connectivity index (χ4n) is 3.13. The number of hydrogen-bond acceptors (Lipinski definition) is 2. The maximum Gasteiger partial charge on any atom is 0.0662 e. The van der Waals surface area contributed by atoms with Crippen LogP contribution >= 0.6 is 0 Å². The van der Waals surface area contributed by atoms with Crippen molar-refractivity contribution in [3.8, 4) is 0 Å². The molecule has 0 N–H and O–H groups in total. The Morgan fingerprint density at radius 3 is 1.91 bits per heavy atom. The van der Waals surface area contributed by atoms with Gasteiger partial charge in [0.15, 0.2) is 0 Å². The second kappa shape index (κ2) is 27.9. The third-order valence-electron chi connectivity index (χ3n) is 4.97. The summed E-state index contributed by atoms with van der Waals surface area (Å²) in [6.45, 7) is 28.1. The van der Waals surface area contributed by atoms with Crippen molar-refractivity contribution in [3.05, 3.63) is 72.4 Å². The first-order valence-electron chi connectivity index (χ1n) is 14.0. The number of aliphatic imine (C=N–C) groups is 1. The van der Waals surface area contributed by atoms with E-state index in [0.29, 0.717) is 0 Å². The molecule has 2 heteroatoms. The van der Waals surface area contributed by atoms with Crippen LogP contribution in [0.5, 0.6) is 0 Å². The number of hydrogen-bond donors (Lipinski definition) is 0. The Kier molecular flexibility index (Phi) is 29.6. The topological polar surface area (TPSA) is 15.6 Å². The highest BCUT2D eigenvalue weighted by molar-refractivity contribution is 6.01. The van der Waals surface area contributed by atoms with Gasteiger partial charge in [0.05, 0.1) is 5.70 Å². The highest BCUT2D eigenvalue weighted by atomic mass is 15.1. The molecule has 1 aromatic carbocycles. The monoisotopic (exact) mass is 482 g/mol. The van der Waals surface area contributed by atoms with Gasteiger partial charge in [0, 0.05) is 24.5 Å². The Labute approximate surface area is 220 Å². The molecular weight excluding hydrogens is 424 g/mol. The summed E-state index contributed by atoms with van der Waals surface area (Å²) in [5, 5.41) is 0. The van der Waals surface area contributed by atoms with E-state index in [1.54, 1.807) is 6.08 Å². The number of unbranched alkanes of at least 4 members (excludes halogenated alkanes) is 2. The van der Waals surface area contributed by atoms with E-state index in [9.17, 15) is 0 Å². The lowest BCUT2D eigenvalue weighted by molar-refractivity contribution is 0.815. The van der Waals surface area contributed by atoms with Gasteiger partial charge in [0.2, 0.25) is 0 Å². The first-order chi connectivity index (χ1) is 17.1. The molecule has 0 bridgehead atoms. The molecule has 1 aliphatic heterocycles. The summed E-state index contributed by atoms with van der Waals surface area (Å²) < 4.78 is 0. The lowest BCUT2D eigenvalue weighted by Crippen LogP contribution is -2.17. The third-order valence-corrected chi connectivity index (χ3v) is 4.97. The Morgan fingerprint density at radius 1 is 0.943 bits per heavy atom. The van der Waals surface area contributed by atoms with Gasteiger partial charge in [-0.1, -0.05) is 104 Å². The molecule has 1 aliphatic rings. The maximum atomic E-state index is 4.87. The number of anilines is 1. The van der Waals surface area contributed by atoms with Crippen LogP contribution < -0.4 is 4.90 Å². The molecule has 35 heavy (non-hydrogen) atoms. The summed E-state index contributed by atoms with van der Waals surface area (Å²) in [5.74, 6) is 0. The molecule has 0 amide bonds. The molecule has 0 unspecified atom stereocenters. The summed E-state index contributed by atoms with van der Waals surface area (Å²) >= 11 is 0. The Hall–Kier alpha value is -2.35. The summed E-state index contributed by atoms with van der Waals surface area (Å²) in [4.78, 5) is 7.33. The zero-order chi connectivity index (χ0) is 27.5. The van der Waals surface area contributed by atoms with E-state index in [2.05, 4.69) is 87.7 Å². The third kappa shape index (κ3) is 17.7. The largest absolute Gasteiger partial charge is 0.372 e. The van der Waals surface area contributed by atoms with Gasteiger partial charge in [-0.05, 0) is 70.2 Å². The van der Waals surface area contributed by atoms with Gasteiger partial charge in [-0.25, -0.2) is 0 Å². The molecule has 0 aliphatic carbocycles. The lowest BCUT2D eigenvalue weighted by atomic mass is 10.1. The first kappa shape index (κ1) is 37.2. The van der Waals surface area contributed by atoms with E-state index < -0.39 is 0 Å². The van der Waals surface area contributed by atoms with E-state index >= 15 is 0 Å². The molecule has 200 valence electrons. The number of rotatable bonds is 8. The van der Waals surface area contributed by atoms with Crippen molar-refractivity contribution in [1.29, 1.82) is 0 Å². The maximum absolute atomic E-state index is 4.87. The summed E-state index contributed by atoms with van der Waals surface area (Å²) in [6, 6.07) is 8.86. The predicted octanol–water partition coefficient (Wildman–Crippen LogP) is 11.1. The van der Waals surface area contributed by atoms with Gasteiger partial charge >= 0.3 is 0 Å². The predicted molar refractivity (Wildman–Crippen MR) is 167 cm³/mol. The minimum atomic E-state index is 1.04. The molecule has 2 nitrogen and oxygen atoms in total. The molecule has 0 spiro atoms. The average Bonchev–Trinajstić information content (AvgIpc) is 3.46. The Morgan fingerprint density at radius 2 is 1.46 bits per heavy atom. The molecular formula is C33H58N2. The average molecular weight is 483 g/mol. The fraction of sp³-hybridized carbons (Fsp3) is 0.545. The smallest absolute Gasteiger partial charge is 0.0662 e. The van der Waals surface area contributed by atoms with E-state index in [1.165, 1.54) is 55.6 Å². The Bertz CT molecular complexity index is 712. The summed E-state index contributed by atoms with van der Waals surface area (Å²) in [5.41, 5.74) is 5.84. The normalized spacial score (nSPS) is 13.3. The van der Waals surface area contributed by atoms with Crippen LogP contribution in [0.3, 0.4) is 0 Å². The van der Waals surface area contributed by atoms with Gasteiger partial charge in [0.25, 0.3) is 0 Å². The second-order valence-electron chi connectivity index (χ2n) is 7.44. The van der Waals surface area contributed by atoms with Crippen molar-refractivity contribution >= 4 is 17.1 Å². The van der Waals surface area contributed by atoms with Crippen molar-refractivity contribution in [2.24, 2.45) is 4.99 Å².